The number of amides is 2. The van der Waals surface area contributed by atoms with Crippen LogP contribution in [0, 0.1) is 12.8 Å². The molecular formula is C22H23N3O3S. The van der Waals surface area contributed by atoms with Gasteiger partial charge < -0.3 is 15.1 Å². The molecule has 1 aromatic heterocycles. The van der Waals surface area contributed by atoms with Gasteiger partial charge >= 0.3 is 0 Å². The van der Waals surface area contributed by atoms with E-state index in [1.807, 2.05) is 49.4 Å². The van der Waals surface area contributed by atoms with Gasteiger partial charge in [0.1, 0.15) is 5.52 Å². The van der Waals surface area contributed by atoms with Crippen molar-refractivity contribution in [2.75, 3.05) is 13.1 Å². The number of thioether (sulfide) groups is 1. The molecule has 2 aromatic carbocycles. The highest BCUT2D eigenvalue weighted by Gasteiger charge is 2.26. The minimum Gasteiger partial charge on any atom is -0.431 e. The molecule has 0 spiro atoms. The predicted molar refractivity (Wildman–Crippen MR) is 113 cm³/mol. The molecule has 1 aliphatic heterocycles. The average Bonchev–Trinajstić information content (AvgIpc) is 3.14. The Hall–Kier alpha value is -2.80. The maximum Gasteiger partial charge on any atom is 0.257 e. The monoisotopic (exact) mass is 409 g/mol. The summed E-state index contributed by atoms with van der Waals surface area (Å²) >= 11 is 1.53. The van der Waals surface area contributed by atoms with Gasteiger partial charge in [-0.3, -0.25) is 9.59 Å². The highest BCUT2D eigenvalue weighted by Crippen LogP contribution is 2.27. The number of primary amides is 1. The summed E-state index contributed by atoms with van der Waals surface area (Å²) in [6.07, 6.45) is 1.28. The Kier molecular flexibility index (Phi) is 5.58. The van der Waals surface area contributed by atoms with Gasteiger partial charge in [0, 0.05) is 30.3 Å². The first-order valence-corrected chi connectivity index (χ1v) is 10.7. The van der Waals surface area contributed by atoms with Crippen molar-refractivity contribution in [3.8, 4) is 0 Å². The molecule has 6 nitrogen and oxygen atoms in total. The number of aromatic nitrogens is 1. The SMILES string of the molecule is Cc1ccc2oc(SCc3ccc(C(=O)N4CCC(C(N)=O)CC4)cc3)nc2c1. The van der Waals surface area contributed by atoms with Gasteiger partial charge in [-0.15, -0.1) is 0 Å². The third-order valence-corrected chi connectivity index (χ3v) is 6.17. The molecule has 0 radical (unpaired) electrons. The number of nitrogens with two attached hydrogens (primary N) is 1. The molecule has 2 amide bonds. The molecule has 0 aliphatic carbocycles. The van der Waals surface area contributed by atoms with Gasteiger partial charge in [-0.1, -0.05) is 30.0 Å². The lowest BCUT2D eigenvalue weighted by Gasteiger charge is -2.30. The summed E-state index contributed by atoms with van der Waals surface area (Å²) < 4.78 is 5.77. The van der Waals surface area contributed by atoms with Crippen LogP contribution in [0.1, 0.15) is 34.3 Å². The van der Waals surface area contributed by atoms with Crippen LogP contribution in [0.2, 0.25) is 0 Å². The van der Waals surface area contributed by atoms with E-state index in [-0.39, 0.29) is 17.7 Å². The summed E-state index contributed by atoms with van der Waals surface area (Å²) in [4.78, 5) is 30.3. The number of piperidine rings is 1. The lowest BCUT2D eigenvalue weighted by Crippen LogP contribution is -2.41. The molecule has 29 heavy (non-hydrogen) atoms. The second-order valence-corrected chi connectivity index (χ2v) is 8.33. The molecule has 0 saturated carbocycles. The number of carbonyl (C=O) groups excluding carboxylic acids is 2. The van der Waals surface area contributed by atoms with Gasteiger partial charge in [0.15, 0.2) is 5.58 Å². The van der Waals surface area contributed by atoms with Gasteiger partial charge in [0.05, 0.1) is 0 Å². The van der Waals surface area contributed by atoms with Crippen LogP contribution in [0.15, 0.2) is 52.1 Å². The van der Waals surface area contributed by atoms with Gasteiger partial charge in [-0.25, -0.2) is 4.98 Å². The zero-order valence-corrected chi connectivity index (χ0v) is 17.1. The summed E-state index contributed by atoms with van der Waals surface area (Å²) in [7, 11) is 0. The van der Waals surface area contributed by atoms with Crippen LogP contribution in [-0.4, -0.2) is 34.8 Å². The van der Waals surface area contributed by atoms with Crippen molar-refractivity contribution in [2.45, 2.75) is 30.7 Å². The lowest BCUT2D eigenvalue weighted by atomic mass is 9.96. The van der Waals surface area contributed by atoms with Crippen molar-refractivity contribution in [3.05, 3.63) is 59.2 Å². The summed E-state index contributed by atoms with van der Waals surface area (Å²) in [5, 5.41) is 0.642. The fraction of sp³-hybridized carbons (Fsp3) is 0.318. The number of carbonyl (C=O) groups is 2. The van der Waals surface area contributed by atoms with Gasteiger partial charge in [-0.2, -0.15) is 0 Å². The molecule has 1 aliphatic rings. The second kappa shape index (κ2) is 8.29. The highest BCUT2D eigenvalue weighted by molar-refractivity contribution is 7.98. The van der Waals surface area contributed by atoms with Gasteiger partial charge in [0.25, 0.3) is 11.1 Å². The summed E-state index contributed by atoms with van der Waals surface area (Å²) in [6, 6.07) is 13.6. The topological polar surface area (TPSA) is 89.4 Å². The molecule has 7 heteroatoms. The Bertz CT molecular complexity index is 1040. The van der Waals surface area contributed by atoms with E-state index in [2.05, 4.69) is 4.98 Å². The van der Waals surface area contributed by atoms with Crippen molar-refractivity contribution in [3.63, 3.8) is 0 Å². The Labute approximate surface area is 173 Å². The molecule has 150 valence electrons. The van der Waals surface area contributed by atoms with Crippen LogP contribution < -0.4 is 5.73 Å². The molecule has 0 atom stereocenters. The van der Waals surface area contributed by atoms with E-state index in [9.17, 15) is 9.59 Å². The number of benzene rings is 2. The van der Waals surface area contributed by atoms with E-state index in [1.165, 1.54) is 11.8 Å². The van der Waals surface area contributed by atoms with E-state index in [4.69, 9.17) is 10.2 Å². The van der Waals surface area contributed by atoms with Crippen molar-refractivity contribution in [1.82, 2.24) is 9.88 Å². The maximum atomic E-state index is 12.7. The number of hydrogen-bond acceptors (Lipinski definition) is 5. The smallest absolute Gasteiger partial charge is 0.257 e. The van der Waals surface area contributed by atoms with E-state index in [0.717, 1.165) is 22.2 Å². The molecule has 3 aromatic rings. The van der Waals surface area contributed by atoms with Crippen molar-refractivity contribution >= 4 is 34.7 Å². The fourth-order valence-corrected chi connectivity index (χ4v) is 4.31. The maximum absolute atomic E-state index is 12.7. The first-order valence-electron chi connectivity index (χ1n) is 9.67. The summed E-state index contributed by atoms with van der Waals surface area (Å²) in [6.45, 7) is 3.17. The number of hydrogen-bond donors (Lipinski definition) is 1. The van der Waals surface area contributed by atoms with E-state index in [0.29, 0.717) is 42.5 Å². The Morgan fingerprint density at radius 1 is 1.17 bits per heavy atom. The Morgan fingerprint density at radius 3 is 2.59 bits per heavy atom. The van der Waals surface area contributed by atoms with Crippen LogP contribution >= 0.6 is 11.8 Å². The lowest BCUT2D eigenvalue weighted by molar-refractivity contribution is -0.123. The number of oxazole rings is 1. The molecule has 0 bridgehead atoms. The van der Waals surface area contributed by atoms with Crippen LogP contribution in [0.25, 0.3) is 11.1 Å². The third kappa shape index (κ3) is 4.45. The zero-order chi connectivity index (χ0) is 20.4. The van der Waals surface area contributed by atoms with E-state index >= 15 is 0 Å². The van der Waals surface area contributed by atoms with Crippen molar-refractivity contribution in [2.24, 2.45) is 11.7 Å². The fourth-order valence-electron chi connectivity index (χ4n) is 3.52. The van der Waals surface area contributed by atoms with Gasteiger partial charge in [-0.05, 0) is 55.2 Å². The van der Waals surface area contributed by atoms with E-state index in [1.54, 1.807) is 4.90 Å². The van der Waals surface area contributed by atoms with Crippen molar-refractivity contribution in [1.29, 1.82) is 0 Å². The van der Waals surface area contributed by atoms with E-state index < -0.39 is 0 Å². The highest BCUT2D eigenvalue weighted by atomic mass is 32.2. The average molecular weight is 410 g/mol. The normalized spacial score (nSPS) is 15.0. The number of rotatable bonds is 5. The minimum absolute atomic E-state index is 0.00134. The molecule has 0 unspecified atom stereocenters. The van der Waals surface area contributed by atoms with Crippen LogP contribution in [0.3, 0.4) is 0 Å². The quantitative estimate of drug-likeness (QED) is 0.648. The number of fused-ring (bicyclic) bond motifs is 1. The Balaban J connectivity index is 1.35. The molecule has 2 heterocycles. The van der Waals surface area contributed by atoms with Crippen LogP contribution in [0.5, 0.6) is 0 Å². The first-order chi connectivity index (χ1) is 14.0. The van der Waals surface area contributed by atoms with Crippen molar-refractivity contribution < 1.29 is 14.0 Å². The summed E-state index contributed by atoms with van der Waals surface area (Å²) in [5.74, 6) is 0.327. The van der Waals surface area contributed by atoms with Crippen LogP contribution in [0.4, 0.5) is 0 Å². The number of nitrogens with zero attached hydrogens (tertiary/aromatic N) is 2. The molecule has 1 saturated heterocycles. The largest absolute Gasteiger partial charge is 0.431 e. The third-order valence-electron chi connectivity index (χ3n) is 5.27. The molecule has 4 rings (SSSR count). The summed E-state index contributed by atoms with van der Waals surface area (Å²) in [5.41, 5.74) is 9.93. The number of likely N-dealkylation sites (tertiary alicyclic amines) is 1. The first kappa shape index (κ1) is 19.5. The minimum atomic E-state index is -0.270. The molecule has 2 N–H and O–H groups in total. The molecular weight excluding hydrogens is 386 g/mol. The standard InChI is InChI=1S/C22H23N3O3S/c1-14-2-7-19-18(12-14)24-22(28-19)29-13-15-3-5-17(6-4-15)21(27)25-10-8-16(9-11-25)20(23)26/h2-7,12,16H,8-11,13H2,1H3,(H2,23,26). The molecule has 1 fully saturated rings. The van der Waals surface area contributed by atoms with Crippen LogP contribution in [-0.2, 0) is 10.5 Å². The number of aryl methyl sites for hydroxylation is 1. The van der Waals surface area contributed by atoms with Gasteiger partial charge in [0.2, 0.25) is 5.91 Å². The Morgan fingerprint density at radius 2 is 1.90 bits per heavy atom. The second-order valence-electron chi connectivity index (χ2n) is 7.41. The zero-order valence-electron chi connectivity index (χ0n) is 16.3. The predicted octanol–water partition coefficient (Wildman–Crippen LogP) is 3.77.